The molecule has 1 N–H and O–H groups in total. The Balaban J connectivity index is 1.70. The van der Waals surface area contributed by atoms with Crippen molar-refractivity contribution < 1.29 is 27.4 Å². The van der Waals surface area contributed by atoms with Crippen molar-refractivity contribution in [1.29, 1.82) is 0 Å². The van der Waals surface area contributed by atoms with Gasteiger partial charge in [0.1, 0.15) is 11.9 Å². The summed E-state index contributed by atoms with van der Waals surface area (Å²) in [5.74, 6) is 0.538. The molecule has 0 radical (unpaired) electrons. The van der Waals surface area contributed by atoms with Gasteiger partial charge in [-0.15, -0.1) is 0 Å². The molecule has 2 heterocycles. The predicted octanol–water partition coefficient (Wildman–Crippen LogP) is 4.38. The van der Waals surface area contributed by atoms with Crippen molar-refractivity contribution in [2.45, 2.75) is 32.5 Å². The molecular weight excluding hydrogens is 459 g/mol. The Labute approximate surface area is 203 Å². The lowest BCUT2D eigenvalue weighted by Gasteiger charge is -2.31. The lowest BCUT2D eigenvalue weighted by Crippen LogP contribution is -2.37. The zero-order valence-electron chi connectivity index (χ0n) is 20.1. The van der Waals surface area contributed by atoms with Crippen molar-refractivity contribution in [3.63, 3.8) is 0 Å². The Hall–Kier alpha value is -3.07. The van der Waals surface area contributed by atoms with Crippen LogP contribution in [0.4, 0.5) is 18.9 Å². The summed E-state index contributed by atoms with van der Waals surface area (Å²) in [6.07, 6.45) is 1.02. The maximum atomic E-state index is 14.1. The quantitative estimate of drug-likeness (QED) is 0.667. The van der Waals surface area contributed by atoms with Gasteiger partial charge in [0.2, 0.25) is 5.91 Å². The zero-order chi connectivity index (χ0) is 25.2. The standard InChI is InChI=1S/C26H30F3N3O3/c1-4-20-22(30-3)12-18(13-24(20)35-16(2)19-14-25(33)31-15-19)17-5-6-23(21(11-17)26(27,28)29)32-7-9-34-10-8-32/h4-6,11-13,16,19H,7-10,14-15H2,1-3H3,(H,31,33)/b20-4+,30-22-. The number of aliphatic imine (C=N–C) groups is 1. The first kappa shape index (κ1) is 25.0. The Morgan fingerprint density at radius 2 is 2.00 bits per heavy atom. The number of benzene rings is 1. The van der Waals surface area contributed by atoms with Gasteiger partial charge < -0.3 is 19.7 Å². The number of nitrogens with zero attached hydrogens (tertiary/aromatic N) is 2. The number of anilines is 1. The minimum Gasteiger partial charge on any atom is -0.490 e. The number of halogens is 3. The smallest absolute Gasteiger partial charge is 0.418 e. The van der Waals surface area contributed by atoms with Crippen LogP contribution in [0, 0.1) is 5.92 Å². The number of carbonyl (C=O) groups is 1. The molecule has 6 nitrogen and oxygen atoms in total. The van der Waals surface area contributed by atoms with Crippen LogP contribution in [-0.4, -0.2) is 57.6 Å². The van der Waals surface area contributed by atoms with Crippen LogP contribution >= 0.6 is 0 Å². The van der Waals surface area contributed by atoms with E-state index in [1.165, 1.54) is 12.1 Å². The number of alkyl halides is 3. The average molecular weight is 490 g/mol. The molecule has 0 bridgehead atoms. The highest BCUT2D eigenvalue weighted by Crippen LogP contribution is 2.40. The van der Waals surface area contributed by atoms with Gasteiger partial charge in [-0.05, 0) is 49.3 Å². The van der Waals surface area contributed by atoms with Gasteiger partial charge in [0.15, 0.2) is 0 Å². The zero-order valence-corrected chi connectivity index (χ0v) is 20.1. The van der Waals surface area contributed by atoms with E-state index in [1.54, 1.807) is 30.2 Å². The van der Waals surface area contributed by atoms with Crippen LogP contribution in [0.25, 0.3) is 5.57 Å². The van der Waals surface area contributed by atoms with Crippen LogP contribution in [0.5, 0.6) is 0 Å². The van der Waals surface area contributed by atoms with Crippen molar-refractivity contribution in [3.8, 4) is 0 Å². The molecule has 2 unspecified atom stereocenters. The first-order valence-electron chi connectivity index (χ1n) is 11.8. The van der Waals surface area contributed by atoms with Gasteiger partial charge in [0.05, 0.1) is 24.5 Å². The molecule has 188 valence electrons. The number of hydrogen-bond donors (Lipinski definition) is 1. The average Bonchev–Trinajstić information content (AvgIpc) is 3.29. The lowest BCUT2D eigenvalue weighted by atomic mass is 9.92. The molecule has 2 atom stereocenters. The van der Waals surface area contributed by atoms with Gasteiger partial charge in [0, 0.05) is 50.3 Å². The van der Waals surface area contributed by atoms with Crippen molar-refractivity contribution in [1.82, 2.24) is 5.32 Å². The van der Waals surface area contributed by atoms with Crippen LogP contribution in [0.15, 0.2) is 52.8 Å². The maximum absolute atomic E-state index is 14.1. The third-order valence-corrected chi connectivity index (χ3v) is 6.62. The van der Waals surface area contributed by atoms with Crippen molar-refractivity contribution in [3.05, 3.63) is 58.9 Å². The van der Waals surface area contributed by atoms with E-state index in [4.69, 9.17) is 9.47 Å². The van der Waals surface area contributed by atoms with E-state index < -0.39 is 11.7 Å². The Morgan fingerprint density at radius 3 is 2.60 bits per heavy atom. The van der Waals surface area contributed by atoms with Crippen LogP contribution in [-0.2, 0) is 20.4 Å². The molecule has 2 saturated heterocycles. The van der Waals surface area contributed by atoms with E-state index in [9.17, 15) is 18.0 Å². The van der Waals surface area contributed by atoms with Gasteiger partial charge in [-0.3, -0.25) is 9.79 Å². The van der Waals surface area contributed by atoms with Gasteiger partial charge in [-0.1, -0.05) is 12.1 Å². The third-order valence-electron chi connectivity index (χ3n) is 6.62. The first-order valence-corrected chi connectivity index (χ1v) is 11.8. The summed E-state index contributed by atoms with van der Waals surface area (Å²) >= 11 is 0. The van der Waals surface area contributed by atoms with Gasteiger partial charge >= 0.3 is 6.18 Å². The Kier molecular flexibility index (Phi) is 7.35. The molecule has 2 fully saturated rings. The number of amides is 1. The monoisotopic (exact) mass is 489 g/mol. The second kappa shape index (κ2) is 10.3. The van der Waals surface area contributed by atoms with Gasteiger partial charge in [-0.2, -0.15) is 13.2 Å². The van der Waals surface area contributed by atoms with Crippen molar-refractivity contribution >= 4 is 22.9 Å². The summed E-state index contributed by atoms with van der Waals surface area (Å²) in [5, 5.41) is 2.81. The molecule has 0 aromatic heterocycles. The number of allylic oxidation sites excluding steroid dienone is 5. The Bertz CT molecular complexity index is 1100. The van der Waals surface area contributed by atoms with E-state index in [0.29, 0.717) is 61.9 Å². The molecule has 1 aliphatic carbocycles. The molecule has 0 saturated carbocycles. The summed E-state index contributed by atoms with van der Waals surface area (Å²) in [6.45, 7) is 5.92. The number of nitrogens with one attached hydrogen (secondary N) is 1. The lowest BCUT2D eigenvalue weighted by molar-refractivity contribution is -0.137. The van der Waals surface area contributed by atoms with Crippen LogP contribution in [0.2, 0.25) is 0 Å². The van der Waals surface area contributed by atoms with Gasteiger partial charge in [0.25, 0.3) is 0 Å². The highest BCUT2D eigenvalue weighted by molar-refractivity contribution is 6.17. The van der Waals surface area contributed by atoms with E-state index in [1.807, 2.05) is 19.9 Å². The molecule has 1 amide bonds. The Morgan fingerprint density at radius 1 is 1.26 bits per heavy atom. The van der Waals surface area contributed by atoms with Crippen LogP contribution in [0.3, 0.4) is 0 Å². The SMILES string of the molecule is C/C=C1/C(OC(C)C2CNC(=O)C2)=CC(c2ccc(N3CCOCC3)c(C(F)(F)F)c2)=C/C1=N/C. The van der Waals surface area contributed by atoms with Crippen LogP contribution < -0.4 is 10.2 Å². The van der Waals surface area contributed by atoms with E-state index in [0.717, 1.165) is 5.57 Å². The van der Waals surface area contributed by atoms with Gasteiger partial charge in [-0.25, -0.2) is 0 Å². The number of ether oxygens (including phenoxy) is 2. The molecule has 1 aromatic carbocycles. The fourth-order valence-electron chi connectivity index (χ4n) is 4.63. The fourth-order valence-corrected chi connectivity index (χ4v) is 4.63. The molecule has 4 rings (SSSR count). The molecule has 35 heavy (non-hydrogen) atoms. The van der Waals surface area contributed by atoms with Crippen molar-refractivity contribution in [2.75, 3.05) is 44.8 Å². The summed E-state index contributed by atoms with van der Waals surface area (Å²) in [6, 6.07) is 4.43. The fraction of sp³-hybridized carbons (Fsp3) is 0.462. The van der Waals surface area contributed by atoms with Crippen LogP contribution in [0.1, 0.15) is 31.4 Å². The first-order chi connectivity index (χ1) is 16.7. The second-order valence-electron chi connectivity index (χ2n) is 8.84. The summed E-state index contributed by atoms with van der Waals surface area (Å²) in [7, 11) is 1.64. The van der Waals surface area contributed by atoms with Crippen molar-refractivity contribution in [2.24, 2.45) is 10.9 Å². The maximum Gasteiger partial charge on any atom is 0.418 e. The van der Waals surface area contributed by atoms with E-state index in [-0.39, 0.29) is 23.6 Å². The molecule has 0 spiro atoms. The summed E-state index contributed by atoms with van der Waals surface area (Å²) in [5.41, 5.74) is 1.88. The largest absolute Gasteiger partial charge is 0.490 e. The van der Waals surface area contributed by atoms with E-state index in [2.05, 4.69) is 10.3 Å². The molecule has 1 aromatic rings. The highest BCUT2D eigenvalue weighted by atomic mass is 19.4. The highest BCUT2D eigenvalue weighted by Gasteiger charge is 2.36. The predicted molar refractivity (Wildman–Crippen MR) is 129 cm³/mol. The number of rotatable bonds is 5. The molecule has 9 heteroatoms. The minimum atomic E-state index is -4.51. The number of morpholine rings is 1. The molecule has 3 aliphatic rings. The molecular formula is C26H30F3N3O3. The summed E-state index contributed by atoms with van der Waals surface area (Å²) < 4.78 is 53.8. The summed E-state index contributed by atoms with van der Waals surface area (Å²) in [4.78, 5) is 17.7. The number of hydrogen-bond acceptors (Lipinski definition) is 5. The third kappa shape index (κ3) is 5.45. The second-order valence-corrected chi connectivity index (χ2v) is 8.84. The van der Waals surface area contributed by atoms with E-state index >= 15 is 0 Å². The number of carbonyl (C=O) groups excluding carboxylic acids is 1. The topological polar surface area (TPSA) is 63.2 Å². The normalized spacial score (nSPS) is 24.3. The minimum absolute atomic E-state index is 0.00855. The molecule has 2 aliphatic heterocycles.